The molecule has 0 unspecified atom stereocenters. The van der Waals surface area contributed by atoms with Crippen LogP contribution < -0.4 is 10.9 Å². The first-order chi connectivity index (χ1) is 17.1. The maximum atomic E-state index is 13.6. The lowest BCUT2D eigenvalue weighted by Gasteiger charge is -2.35. The highest BCUT2D eigenvalue weighted by molar-refractivity contribution is 6.03. The van der Waals surface area contributed by atoms with Gasteiger partial charge in [-0.15, -0.1) is 0 Å². The quantitative estimate of drug-likeness (QED) is 0.252. The topological polar surface area (TPSA) is 143 Å². The van der Waals surface area contributed by atoms with Gasteiger partial charge >= 0.3 is 11.9 Å². The number of anilines is 1. The lowest BCUT2D eigenvalue weighted by atomic mass is 9.85. The summed E-state index contributed by atoms with van der Waals surface area (Å²) in [6, 6.07) is 6.26. The molecule has 0 saturated heterocycles. The highest BCUT2D eigenvalue weighted by Gasteiger charge is 2.50. The van der Waals surface area contributed by atoms with Crippen molar-refractivity contribution in [2.45, 2.75) is 58.9 Å². The average Bonchev–Trinajstić information content (AvgIpc) is 3.19. The first-order valence-electron chi connectivity index (χ1n) is 11.6. The number of aromatic nitrogens is 2. The predicted molar refractivity (Wildman–Crippen MR) is 129 cm³/mol. The molecule has 0 spiro atoms. The first-order valence-corrected chi connectivity index (χ1v) is 11.6. The Morgan fingerprint density at radius 3 is 2.72 bits per heavy atom. The van der Waals surface area contributed by atoms with Crippen LogP contribution in [0.5, 0.6) is 0 Å². The number of carbonyl (C=O) groups excluding carboxylic acids is 2. The highest BCUT2D eigenvalue weighted by atomic mass is 16.6. The predicted octanol–water partition coefficient (Wildman–Crippen LogP) is 3.38. The molecular formula is C25H24N4O7. The van der Waals surface area contributed by atoms with Gasteiger partial charge in [0.2, 0.25) is 5.60 Å². The van der Waals surface area contributed by atoms with Crippen molar-refractivity contribution in [3.05, 3.63) is 61.4 Å². The molecule has 3 aromatic rings. The van der Waals surface area contributed by atoms with Crippen LogP contribution in [0.15, 0.2) is 29.1 Å². The van der Waals surface area contributed by atoms with E-state index < -0.39 is 28.0 Å². The molecule has 2 aliphatic heterocycles. The first kappa shape index (κ1) is 23.5. The summed E-state index contributed by atoms with van der Waals surface area (Å²) in [7, 11) is 0. The van der Waals surface area contributed by atoms with Gasteiger partial charge in [0, 0.05) is 30.2 Å². The van der Waals surface area contributed by atoms with Crippen LogP contribution in [0.25, 0.3) is 22.3 Å². The molecule has 186 valence electrons. The minimum absolute atomic E-state index is 0.0594. The molecule has 5 rings (SSSR count). The SMILES string of the molecule is CC[C@@]1(OC(C)=O)C(=O)OCc2c1cc1n(c2=O)Cc2c-1nc1cccc([N+](=O)[O-])c1c2NC(C)C. The second-order valence-corrected chi connectivity index (χ2v) is 9.20. The van der Waals surface area contributed by atoms with E-state index in [0.29, 0.717) is 33.5 Å². The molecule has 0 aliphatic carbocycles. The molecular weight excluding hydrogens is 468 g/mol. The van der Waals surface area contributed by atoms with Crippen molar-refractivity contribution < 1.29 is 24.0 Å². The number of nitro benzene ring substituents is 1. The maximum absolute atomic E-state index is 13.6. The smallest absolute Gasteiger partial charge is 0.355 e. The largest absolute Gasteiger partial charge is 0.457 e. The minimum atomic E-state index is -1.74. The van der Waals surface area contributed by atoms with E-state index in [2.05, 4.69) is 5.32 Å². The van der Waals surface area contributed by atoms with E-state index in [0.717, 1.165) is 0 Å². The number of non-ortho nitro benzene ring substituents is 1. The molecule has 4 heterocycles. The van der Waals surface area contributed by atoms with Gasteiger partial charge in [-0.3, -0.25) is 19.7 Å². The monoisotopic (exact) mass is 492 g/mol. The third-order valence-corrected chi connectivity index (χ3v) is 6.61. The molecule has 1 aromatic carbocycles. The van der Waals surface area contributed by atoms with Crippen LogP contribution >= 0.6 is 0 Å². The number of pyridine rings is 2. The van der Waals surface area contributed by atoms with Crippen LogP contribution in [-0.2, 0) is 37.8 Å². The summed E-state index contributed by atoms with van der Waals surface area (Å²) in [5, 5.41) is 15.5. The molecule has 36 heavy (non-hydrogen) atoms. The van der Waals surface area contributed by atoms with Gasteiger partial charge in [0.05, 0.1) is 39.6 Å². The van der Waals surface area contributed by atoms with Gasteiger partial charge in [0.1, 0.15) is 12.0 Å². The lowest BCUT2D eigenvalue weighted by Crippen LogP contribution is -2.47. The van der Waals surface area contributed by atoms with Crippen molar-refractivity contribution in [3.63, 3.8) is 0 Å². The third kappa shape index (κ3) is 3.26. The van der Waals surface area contributed by atoms with E-state index in [1.54, 1.807) is 25.1 Å². The number of benzene rings is 1. The lowest BCUT2D eigenvalue weighted by molar-refractivity contribution is -0.383. The van der Waals surface area contributed by atoms with Gasteiger partial charge < -0.3 is 19.4 Å². The molecule has 11 heteroatoms. The number of rotatable bonds is 5. The molecule has 1 N–H and O–H groups in total. The summed E-state index contributed by atoms with van der Waals surface area (Å²) in [5.74, 6) is -1.41. The second kappa shape index (κ2) is 8.14. The molecule has 0 bridgehead atoms. The summed E-state index contributed by atoms with van der Waals surface area (Å²) >= 11 is 0. The molecule has 1 atom stereocenters. The molecule has 2 aromatic heterocycles. The van der Waals surface area contributed by atoms with Crippen LogP contribution in [0.2, 0.25) is 0 Å². The molecule has 0 saturated carbocycles. The number of nitrogens with one attached hydrogen (secondary N) is 1. The fourth-order valence-corrected chi connectivity index (χ4v) is 5.11. The van der Waals surface area contributed by atoms with E-state index in [9.17, 15) is 24.5 Å². The van der Waals surface area contributed by atoms with Crippen LogP contribution in [0.4, 0.5) is 11.4 Å². The number of nitrogens with zero attached hydrogens (tertiary/aromatic N) is 3. The summed E-state index contributed by atoms with van der Waals surface area (Å²) in [4.78, 5) is 54.5. The molecule has 11 nitrogen and oxygen atoms in total. The minimum Gasteiger partial charge on any atom is -0.457 e. The zero-order chi connectivity index (χ0) is 25.9. The van der Waals surface area contributed by atoms with E-state index in [1.165, 1.54) is 17.6 Å². The van der Waals surface area contributed by atoms with Crippen molar-refractivity contribution in [2.75, 3.05) is 5.32 Å². The standard InChI is InChI=1S/C25H24N4O7/c1-5-25(36-13(4)30)16-9-19-21-14(10-28(19)23(31)15(16)11-35-24(25)32)22(26-12(2)3)20-17(27-21)7-6-8-18(20)29(33)34/h6-9,12H,5,10-11H2,1-4H3,(H,26,27)/t25-/m0/s1. The Morgan fingerprint density at radius 2 is 2.08 bits per heavy atom. The Bertz CT molecular complexity index is 1540. The van der Waals surface area contributed by atoms with Gasteiger partial charge in [-0.2, -0.15) is 0 Å². The normalized spacial score (nSPS) is 17.9. The van der Waals surface area contributed by atoms with Crippen molar-refractivity contribution in [1.29, 1.82) is 0 Å². The summed E-state index contributed by atoms with van der Waals surface area (Å²) < 4.78 is 12.3. The number of hydrogen-bond acceptors (Lipinski definition) is 9. The number of hydrogen-bond donors (Lipinski definition) is 1. The van der Waals surface area contributed by atoms with Crippen molar-refractivity contribution >= 4 is 34.2 Å². The average molecular weight is 492 g/mol. The Balaban J connectivity index is 1.84. The van der Waals surface area contributed by atoms with Gasteiger partial charge in [0.15, 0.2) is 0 Å². The van der Waals surface area contributed by atoms with Crippen molar-refractivity contribution in [1.82, 2.24) is 9.55 Å². The van der Waals surface area contributed by atoms with Crippen molar-refractivity contribution in [3.8, 4) is 11.4 Å². The summed E-state index contributed by atoms with van der Waals surface area (Å²) in [6.45, 7) is 6.58. The number of esters is 2. The third-order valence-electron chi connectivity index (χ3n) is 6.61. The number of carbonyl (C=O) groups is 2. The zero-order valence-electron chi connectivity index (χ0n) is 20.2. The van der Waals surface area contributed by atoms with Crippen molar-refractivity contribution in [2.24, 2.45) is 0 Å². The summed E-state index contributed by atoms with van der Waals surface area (Å²) in [5.41, 5.74) is 0.741. The molecule has 0 amide bonds. The van der Waals surface area contributed by atoms with Crippen LogP contribution in [-0.4, -0.2) is 32.5 Å². The number of fused-ring (bicyclic) bond motifs is 5. The number of nitro groups is 1. The van der Waals surface area contributed by atoms with E-state index in [4.69, 9.17) is 14.5 Å². The van der Waals surface area contributed by atoms with Crippen LogP contribution in [0.1, 0.15) is 50.8 Å². The Kier molecular flexibility index (Phi) is 5.31. The number of ether oxygens (including phenoxy) is 2. The van der Waals surface area contributed by atoms with Crippen LogP contribution in [0.3, 0.4) is 0 Å². The van der Waals surface area contributed by atoms with E-state index in [-0.39, 0.29) is 42.4 Å². The zero-order valence-corrected chi connectivity index (χ0v) is 20.2. The van der Waals surface area contributed by atoms with E-state index in [1.807, 2.05) is 13.8 Å². The molecule has 0 radical (unpaired) electrons. The van der Waals surface area contributed by atoms with Gasteiger partial charge in [-0.25, -0.2) is 9.78 Å². The fourth-order valence-electron chi connectivity index (χ4n) is 5.11. The Hall–Kier alpha value is -4.28. The van der Waals surface area contributed by atoms with Crippen LogP contribution in [0, 0.1) is 10.1 Å². The highest BCUT2D eigenvalue weighted by Crippen LogP contribution is 2.44. The summed E-state index contributed by atoms with van der Waals surface area (Å²) in [6.07, 6.45) is 0.0751. The maximum Gasteiger partial charge on any atom is 0.355 e. The van der Waals surface area contributed by atoms with Gasteiger partial charge in [0.25, 0.3) is 11.2 Å². The fraction of sp³-hybridized carbons (Fsp3) is 0.360. The second-order valence-electron chi connectivity index (χ2n) is 9.20. The molecule has 2 aliphatic rings. The van der Waals surface area contributed by atoms with Gasteiger partial charge in [-0.1, -0.05) is 13.0 Å². The number of cyclic esters (lactones) is 1. The van der Waals surface area contributed by atoms with Gasteiger partial charge in [-0.05, 0) is 32.4 Å². The van der Waals surface area contributed by atoms with E-state index >= 15 is 0 Å². The Morgan fingerprint density at radius 1 is 1.33 bits per heavy atom. The molecule has 0 fully saturated rings. The Labute approximate surface area is 205 Å².